The zero-order valence-electron chi connectivity index (χ0n) is 16.3. The van der Waals surface area contributed by atoms with E-state index in [1.54, 1.807) is 6.33 Å². The minimum atomic E-state index is 0.379. The summed E-state index contributed by atoms with van der Waals surface area (Å²) in [6, 6.07) is 0.556. The first-order valence-corrected chi connectivity index (χ1v) is 9.88. The molecule has 1 aromatic heterocycles. The number of fused-ring (bicyclic) bond motifs is 2. The lowest BCUT2D eigenvalue weighted by Crippen LogP contribution is -2.36. The summed E-state index contributed by atoms with van der Waals surface area (Å²) in [4.78, 5) is 14.0. The third-order valence-electron chi connectivity index (χ3n) is 6.61. The van der Waals surface area contributed by atoms with Crippen molar-refractivity contribution in [2.45, 2.75) is 65.8 Å². The highest BCUT2D eigenvalue weighted by Crippen LogP contribution is 2.54. The van der Waals surface area contributed by atoms with Crippen LogP contribution in [-0.4, -0.2) is 35.6 Å². The van der Waals surface area contributed by atoms with Gasteiger partial charge < -0.3 is 15.5 Å². The number of anilines is 3. The van der Waals surface area contributed by atoms with Crippen molar-refractivity contribution < 1.29 is 0 Å². The lowest BCUT2D eigenvalue weighted by molar-refractivity contribution is 0.136. The Labute approximate surface area is 152 Å². The molecule has 2 N–H and O–H groups in total. The molecule has 5 heteroatoms. The maximum Gasteiger partial charge on any atom is 0.157 e. The summed E-state index contributed by atoms with van der Waals surface area (Å²) in [5.41, 5.74) is 8.18. The Balaban J connectivity index is 1.62. The van der Waals surface area contributed by atoms with E-state index in [0.717, 1.165) is 42.9 Å². The van der Waals surface area contributed by atoms with E-state index in [9.17, 15) is 0 Å². The van der Waals surface area contributed by atoms with Gasteiger partial charge in [0.15, 0.2) is 11.6 Å². The summed E-state index contributed by atoms with van der Waals surface area (Å²) in [6.45, 7) is 12.8. The van der Waals surface area contributed by atoms with Crippen LogP contribution >= 0.6 is 0 Å². The van der Waals surface area contributed by atoms with Crippen LogP contribution in [-0.2, 0) is 0 Å². The van der Waals surface area contributed by atoms with Gasteiger partial charge >= 0.3 is 0 Å². The number of piperidine rings is 1. The molecule has 2 bridgehead atoms. The number of rotatable bonds is 2. The van der Waals surface area contributed by atoms with Crippen LogP contribution in [0.4, 0.5) is 17.3 Å². The SMILES string of the molecule is CC1CCN(c2ncnc(N3CC4(C)CC3CC(C)(C)C4)c2N)CC1. The fourth-order valence-corrected chi connectivity index (χ4v) is 5.79. The summed E-state index contributed by atoms with van der Waals surface area (Å²) < 4.78 is 0. The second kappa shape index (κ2) is 5.75. The molecule has 0 radical (unpaired) electrons. The first-order valence-electron chi connectivity index (χ1n) is 9.88. The third-order valence-corrected chi connectivity index (χ3v) is 6.61. The molecule has 3 fully saturated rings. The highest BCUT2D eigenvalue weighted by atomic mass is 15.3. The molecular formula is C20H33N5. The van der Waals surface area contributed by atoms with Crippen LogP contribution in [0.3, 0.4) is 0 Å². The topological polar surface area (TPSA) is 58.3 Å². The average molecular weight is 344 g/mol. The zero-order chi connectivity index (χ0) is 17.8. The highest BCUT2D eigenvalue weighted by Gasteiger charge is 2.50. The predicted molar refractivity (Wildman–Crippen MR) is 104 cm³/mol. The van der Waals surface area contributed by atoms with E-state index >= 15 is 0 Å². The van der Waals surface area contributed by atoms with Crippen molar-refractivity contribution >= 4 is 17.3 Å². The van der Waals surface area contributed by atoms with E-state index in [2.05, 4.69) is 47.5 Å². The van der Waals surface area contributed by atoms with Gasteiger partial charge in [0.1, 0.15) is 12.0 Å². The number of hydrogen-bond donors (Lipinski definition) is 1. The monoisotopic (exact) mass is 343 g/mol. The Hall–Kier alpha value is -1.52. The van der Waals surface area contributed by atoms with Crippen molar-refractivity contribution in [2.75, 3.05) is 35.2 Å². The summed E-state index contributed by atoms with van der Waals surface area (Å²) in [5.74, 6) is 2.72. The minimum Gasteiger partial charge on any atom is -0.393 e. The smallest absolute Gasteiger partial charge is 0.157 e. The van der Waals surface area contributed by atoms with Gasteiger partial charge in [-0.2, -0.15) is 0 Å². The van der Waals surface area contributed by atoms with Gasteiger partial charge in [-0.1, -0.05) is 27.7 Å². The molecule has 2 saturated heterocycles. The lowest BCUT2D eigenvalue weighted by Gasteiger charge is -2.39. The van der Waals surface area contributed by atoms with Crippen LogP contribution < -0.4 is 15.5 Å². The van der Waals surface area contributed by atoms with Crippen molar-refractivity contribution in [1.29, 1.82) is 0 Å². The summed E-state index contributed by atoms with van der Waals surface area (Å²) >= 11 is 0. The normalized spacial score (nSPS) is 32.2. The Bertz CT molecular complexity index is 649. The second-order valence-corrected chi connectivity index (χ2v) is 9.95. The predicted octanol–water partition coefficient (Wildman–Crippen LogP) is 3.70. The van der Waals surface area contributed by atoms with Crippen LogP contribution in [0, 0.1) is 16.7 Å². The molecule has 0 spiro atoms. The molecule has 1 aliphatic carbocycles. The van der Waals surface area contributed by atoms with Gasteiger partial charge in [0, 0.05) is 25.7 Å². The molecule has 4 rings (SSSR count). The van der Waals surface area contributed by atoms with Gasteiger partial charge in [0.05, 0.1) is 0 Å². The molecule has 1 aromatic rings. The molecular weight excluding hydrogens is 310 g/mol. The molecule has 3 heterocycles. The van der Waals surface area contributed by atoms with Gasteiger partial charge in [-0.05, 0) is 48.9 Å². The number of nitrogens with zero attached hydrogens (tertiary/aromatic N) is 4. The minimum absolute atomic E-state index is 0.379. The number of aromatic nitrogens is 2. The van der Waals surface area contributed by atoms with E-state index in [1.165, 1.54) is 32.1 Å². The quantitative estimate of drug-likeness (QED) is 0.887. The lowest BCUT2D eigenvalue weighted by atomic mass is 9.65. The van der Waals surface area contributed by atoms with Crippen LogP contribution in [0.15, 0.2) is 6.33 Å². The fraction of sp³-hybridized carbons (Fsp3) is 0.800. The van der Waals surface area contributed by atoms with Gasteiger partial charge in [-0.3, -0.25) is 0 Å². The highest BCUT2D eigenvalue weighted by molar-refractivity contribution is 5.76. The molecule has 2 atom stereocenters. The summed E-state index contributed by atoms with van der Waals surface area (Å²) in [5, 5.41) is 0. The Morgan fingerprint density at radius 3 is 2.48 bits per heavy atom. The molecule has 2 aliphatic heterocycles. The average Bonchev–Trinajstić information content (AvgIpc) is 2.77. The zero-order valence-corrected chi connectivity index (χ0v) is 16.3. The number of nitrogen functional groups attached to an aromatic ring is 1. The van der Waals surface area contributed by atoms with Crippen molar-refractivity contribution in [3.63, 3.8) is 0 Å². The van der Waals surface area contributed by atoms with E-state index in [-0.39, 0.29) is 0 Å². The summed E-state index contributed by atoms with van der Waals surface area (Å²) in [6.07, 6.45) is 7.93. The van der Waals surface area contributed by atoms with E-state index in [0.29, 0.717) is 16.9 Å². The second-order valence-electron chi connectivity index (χ2n) is 9.95. The van der Waals surface area contributed by atoms with Crippen LogP contribution in [0.1, 0.15) is 59.8 Å². The van der Waals surface area contributed by atoms with Gasteiger partial charge in [-0.25, -0.2) is 9.97 Å². The molecule has 0 amide bonds. The van der Waals surface area contributed by atoms with Crippen molar-refractivity contribution in [1.82, 2.24) is 9.97 Å². The van der Waals surface area contributed by atoms with Gasteiger partial charge in [-0.15, -0.1) is 0 Å². The van der Waals surface area contributed by atoms with Crippen molar-refractivity contribution in [3.05, 3.63) is 6.33 Å². The van der Waals surface area contributed by atoms with Gasteiger partial charge in [0.25, 0.3) is 0 Å². The number of hydrogen-bond acceptors (Lipinski definition) is 5. The maximum absolute atomic E-state index is 6.61. The van der Waals surface area contributed by atoms with Crippen LogP contribution in [0.2, 0.25) is 0 Å². The molecule has 25 heavy (non-hydrogen) atoms. The van der Waals surface area contributed by atoms with Crippen molar-refractivity contribution in [2.24, 2.45) is 16.7 Å². The largest absolute Gasteiger partial charge is 0.393 e. The number of nitrogens with two attached hydrogens (primary N) is 1. The van der Waals surface area contributed by atoms with Crippen LogP contribution in [0.5, 0.6) is 0 Å². The first kappa shape index (κ1) is 16.9. The molecule has 3 aliphatic rings. The standard InChI is InChI=1S/C20H33N5/c1-14-5-7-24(8-6-14)17-16(21)18(23-13-22-17)25-12-20(4)10-15(25)9-19(2,3)11-20/h13-15H,5-12,21H2,1-4H3. The van der Waals surface area contributed by atoms with E-state index < -0.39 is 0 Å². The third kappa shape index (κ3) is 3.06. The fourth-order valence-electron chi connectivity index (χ4n) is 5.79. The van der Waals surface area contributed by atoms with Crippen LogP contribution in [0.25, 0.3) is 0 Å². The Kier molecular flexibility index (Phi) is 3.89. The van der Waals surface area contributed by atoms with Crippen molar-refractivity contribution in [3.8, 4) is 0 Å². The summed E-state index contributed by atoms with van der Waals surface area (Å²) in [7, 11) is 0. The van der Waals surface area contributed by atoms with E-state index in [4.69, 9.17) is 5.73 Å². The molecule has 138 valence electrons. The first-order chi connectivity index (χ1) is 11.8. The maximum atomic E-state index is 6.61. The van der Waals surface area contributed by atoms with Gasteiger partial charge in [0.2, 0.25) is 0 Å². The molecule has 2 unspecified atom stereocenters. The molecule has 5 nitrogen and oxygen atoms in total. The molecule has 1 saturated carbocycles. The van der Waals surface area contributed by atoms with E-state index in [1.807, 2.05) is 0 Å². The molecule has 0 aromatic carbocycles. The Morgan fingerprint density at radius 1 is 1.08 bits per heavy atom. The Morgan fingerprint density at radius 2 is 1.76 bits per heavy atom.